The Morgan fingerprint density at radius 1 is 1.44 bits per heavy atom. The lowest BCUT2D eigenvalue weighted by molar-refractivity contribution is 0.229. The molecule has 16 heavy (non-hydrogen) atoms. The van der Waals surface area contributed by atoms with Gasteiger partial charge in [0.15, 0.2) is 0 Å². The molecule has 0 heterocycles. The van der Waals surface area contributed by atoms with Crippen LogP contribution < -0.4 is 5.32 Å². The first-order chi connectivity index (χ1) is 7.67. The van der Waals surface area contributed by atoms with Gasteiger partial charge in [0.2, 0.25) is 0 Å². The highest BCUT2D eigenvalue weighted by Crippen LogP contribution is 2.17. The summed E-state index contributed by atoms with van der Waals surface area (Å²) in [6, 6.07) is 6.82. The molecule has 2 atom stereocenters. The van der Waals surface area contributed by atoms with Crippen LogP contribution in [0.2, 0.25) is 0 Å². The fourth-order valence-corrected chi connectivity index (χ4v) is 1.63. The Bertz CT molecular complexity index is 317. The molecule has 2 unspecified atom stereocenters. The van der Waals surface area contributed by atoms with Crippen LogP contribution in [-0.2, 0) is 0 Å². The monoisotopic (exact) mass is 225 g/mol. The van der Waals surface area contributed by atoms with Crippen molar-refractivity contribution in [2.45, 2.75) is 26.3 Å². The lowest BCUT2D eigenvalue weighted by Gasteiger charge is -2.19. The van der Waals surface area contributed by atoms with E-state index in [-0.39, 0.29) is 24.4 Å². The van der Waals surface area contributed by atoms with Crippen LogP contribution in [0.15, 0.2) is 24.3 Å². The maximum atomic E-state index is 13.1. The van der Waals surface area contributed by atoms with Gasteiger partial charge < -0.3 is 10.4 Å². The van der Waals surface area contributed by atoms with E-state index in [1.807, 2.05) is 13.0 Å². The number of benzene rings is 1. The number of nitrogens with one attached hydrogen (secondary N) is 1. The summed E-state index contributed by atoms with van der Waals surface area (Å²) in [7, 11) is 0. The van der Waals surface area contributed by atoms with Gasteiger partial charge in [0, 0.05) is 19.2 Å². The lowest BCUT2D eigenvalue weighted by Crippen LogP contribution is -2.27. The van der Waals surface area contributed by atoms with E-state index in [1.54, 1.807) is 12.1 Å². The molecular weight excluding hydrogens is 205 g/mol. The van der Waals surface area contributed by atoms with E-state index in [9.17, 15) is 4.39 Å². The maximum Gasteiger partial charge on any atom is 0.123 e. The minimum atomic E-state index is -0.201. The van der Waals surface area contributed by atoms with Gasteiger partial charge in [-0.25, -0.2) is 4.39 Å². The zero-order valence-corrected chi connectivity index (χ0v) is 9.91. The molecule has 2 N–H and O–H groups in total. The largest absolute Gasteiger partial charge is 0.396 e. The minimum absolute atomic E-state index is 0.157. The van der Waals surface area contributed by atoms with Gasteiger partial charge in [-0.15, -0.1) is 0 Å². The molecule has 2 nitrogen and oxygen atoms in total. The van der Waals surface area contributed by atoms with Crippen molar-refractivity contribution in [1.82, 2.24) is 5.32 Å². The van der Waals surface area contributed by atoms with Crippen molar-refractivity contribution in [2.24, 2.45) is 5.92 Å². The summed E-state index contributed by atoms with van der Waals surface area (Å²) in [5.74, 6) is 0.0237. The van der Waals surface area contributed by atoms with Crippen molar-refractivity contribution < 1.29 is 9.50 Å². The molecule has 0 spiro atoms. The first kappa shape index (κ1) is 13.1. The molecule has 0 bridgehead atoms. The van der Waals surface area contributed by atoms with E-state index in [1.165, 1.54) is 6.07 Å². The van der Waals surface area contributed by atoms with Crippen molar-refractivity contribution in [3.8, 4) is 0 Å². The van der Waals surface area contributed by atoms with Crippen molar-refractivity contribution in [3.63, 3.8) is 0 Å². The molecule has 1 rings (SSSR count). The zero-order chi connectivity index (χ0) is 12.0. The van der Waals surface area contributed by atoms with Gasteiger partial charge in [0.05, 0.1) is 0 Å². The highest BCUT2D eigenvalue weighted by Gasteiger charge is 2.10. The summed E-state index contributed by atoms with van der Waals surface area (Å²) < 4.78 is 13.1. The Labute approximate surface area is 96.5 Å². The average molecular weight is 225 g/mol. The van der Waals surface area contributed by atoms with Crippen LogP contribution in [0.5, 0.6) is 0 Å². The number of rotatable bonds is 6. The number of hydrogen-bond donors (Lipinski definition) is 2. The third-order valence-electron chi connectivity index (χ3n) is 2.68. The van der Waals surface area contributed by atoms with Crippen LogP contribution in [0.25, 0.3) is 0 Å². The van der Waals surface area contributed by atoms with Gasteiger partial charge in [0.1, 0.15) is 5.82 Å². The molecule has 0 aromatic heterocycles. The van der Waals surface area contributed by atoms with Gasteiger partial charge in [-0.05, 0) is 30.0 Å². The number of hydrogen-bond acceptors (Lipinski definition) is 2. The third-order valence-corrected chi connectivity index (χ3v) is 2.68. The quantitative estimate of drug-likeness (QED) is 0.779. The molecule has 0 amide bonds. The highest BCUT2D eigenvalue weighted by molar-refractivity contribution is 5.20. The Balaban J connectivity index is 2.60. The van der Waals surface area contributed by atoms with E-state index >= 15 is 0 Å². The normalized spacial score (nSPS) is 14.8. The summed E-state index contributed by atoms with van der Waals surface area (Å²) in [5, 5.41) is 12.3. The van der Waals surface area contributed by atoms with E-state index in [0.717, 1.165) is 18.5 Å². The minimum Gasteiger partial charge on any atom is -0.396 e. The van der Waals surface area contributed by atoms with Gasteiger partial charge in [-0.3, -0.25) is 0 Å². The smallest absolute Gasteiger partial charge is 0.123 e. The standard InChI is InChI=1S/C13H20FNO/c1-3-13(15-8-10(2)9-16)11-5-4-6-12(14)7-11/h4-7,10,13,15-16H,3,8-9H2,1-2H3. The Hall–Kier alpha value is -0.930. The van der Waals surface area contributed by atoms with Gasteiger partial charge in [-0.2, -0.15) is 0 Å². The third kappa shape index (κ3) is 3.91. The van der Waals surface area contributed by atoms with Crippen molar-refractivity contribution in [1.29, 1.82) is 0 Å². The summed E-state index contributed by atoms with van der Waals surface area (Å²) in [6.07, 6.45) is 0.904. The lowest BCUT2D eigenvalue weighted by atomic mass is 10.0. The molecule has 1 aromatic carbocycles. The first-order valence-corrected chi connectivity index (χ1v) is 5.77. The SMILES string of the molecule is CCC(NCC(C)CO)c1cccc(F)c1. The molecule has 0 aliphatic heterocycles. The van der Waals surface area contributed by atoms with E-state index < -0.39 is 0 Å². The average Bonchev–Trinajstić information content (AvgIpc) is 2.29. The summed E-state index contributed by atoms with van der Waals surface area (Å²) in [4.78, 5) is 0. The van der Waals surface area contributed by atoms with E-state index in [2.05, 4.69) is 12.2 Å². The molecule has 0 saturated carbocycles. The molecule has 0 saturated heterocycles. The molecule has 0 aliphatic carbocycles. The molecule has 90 valence electrons. The predicted molar refractivity (Wildman–Crippen MR) is 63.7 cm³/mol. The second-order valence-electron chi connectivity index (χ2n) is 4.21. The molecule has 0 radical (unpaired) electrons. The molecule has 3 heteroatoms. The van der Waals surface area contributed by atoms with Gasteiger partial charge in [-0.1, -0.05) is 26.0 Å². The Morgan fingerprint density at radius 3 is 2.75 bits per heavy atom. The summed E-state index contributed by atoms with van der Waals surface area (Å²) in [6.45, 7) is 4.95. The fraction of sp³-hybridized carbons (Fsp3) is 0.538. The number of aliphatic hydroxyl groups is 1. The number of aliphatic hydroxyl groups excluding tert-OH is 1. The predicted octanol–water partition coefficient (Wildman–Crippen LogP) is 2.49. The first-order valence-electron chi connectivity index (χ1n) is 5.77. The van der Waals surface area contributed by atoms with Crippen LogP contribution in [0.3, 0.4) is 0 Å². The topological polar surface area (TPSA) is 32.3 Å². The van der Waals surface area contributed by atoms with Crippen LogP contribution >= 0.6 is 0 Å². The van der Waals surface area contributed by atoms with E-state index in [0.29, 0.717) is 0 Å². The van der Waals surface area contributed by atoms with Crippen molar-refractivity contribution >= 4 is 0 Å². The van der Waals surface area contributed by atoms with Crippen LogP contribution in [-0.4, -0.2) is 18.3 Å². The maximum absolute atomic E-state index is 13.1. The number of halogens is 1. The summed E-state index contributed by atoms with van der Waals surface area (Å²) in [5.41, 5.74) is 0.965. The molecule has 1 aromatic rings. The van der Waals surface area contributed by atoms with Gasteiger partial charge >= 0.3 is 0 Å². The second-order valence-corrected chi connectivity index (χ2v) is 4.21. The zero-order valence-electron chi connectivity index (χ0n) is 9.91. The second kappa shape index (κ2) is 6.61. The highest BCUT2D eigenvalue weighted by atomic mass is 19.1. The summed E-state index contributed by atoms with van der Waals surface area (Å²) >= 11 is 0. The fourth-order valence-electron chi connectivity index (χ4n) is 1.63. The van der Waals surface area contributed by atoms with Crippen LogP contribution in [0, 0.1) is 11.7 Å². The molecular formula is C13H20FNO. The molecule has 0 aliphatic rings. The van der Waals surface area contributed by atoms with E-state index in [4.69, 9.17) is 5.11 Å². The van der Waals surface area contributed by atoms with Crippen molar-refractivity contribution in [2.75, 3.05) is 13.2 Å². The van der Waals surface area contributed by atoms with Gasteiger partial charge in [0.25, 0.3) is 0 Å². The Morgan fingerprint density at radius 2 is 2.19 bits per heavy atom. The van der Waals surface area contributed by atoms with Crippen LogP contribution in [0.1, 0.15) is 31.9 Å². The van der Waals surface area contributed by atoms with Crippen LogP contribution in [0.4, 0.5) is 4.39 Å². The van der Waals surface area contributed by atoms with Crippen molar-refractivity contribution in [3.05, 3.63) is 35.6 Å². The Kier molecular flexibility index (Phi) is 5.43. The molecule has 0 fully saturated rings.